The summed E-state index contributed by atoms with van der Waals surface area (Å²) >= 11 is 0. The van der Waals surface area contributed by atoms with Crippen molar-refractivity contribution in [2.24, 2.45) is 21.6 Å². The highest BCUT2D eigenvalue weighted by atomic mass is 16.5. The topological polar surface area (TPSA) is 60.0 Å². The van der Waals surface area contributed by atoms with Gasteiger partial charge in [0.25, 0.3) is 0 Å². The van der Waals surface area contributed by atoms with Crippen LogP contribution in [0.5, 0.6) is 0 Å². The van der Waals surface area contributed by atoms with Gasteiger partial charge in [0, 0.05) is 18.4 Å². The molecule has 4 heteroatoms. The summed E-state index contributed by atoms with van der Waals surface area (Å²) in [5.41, 5.74) is 8.94. The molecular formula is C22H31N3O. The van der Waals surface area contributed by atoms with Crippen molar-refractivity contribution in [1.82, 2.24) is 0 Å². The average molecular weight is 354 g/mol. The first-order chi connectivity index (χ1) is 12.7. The van der Waals surface area contributed by atoms with Crippen LogP contribution in [0.15, 0.2) is 59.0 Å². The predicted octanol–water partition coefficient (Wildman–Crippen LogP) is 4.85. The maximum Gasteiger partial charge on any atom is 0.147 e. The van der Waals surface area contributed by atoms with E-state index in [4.69, 9.17) is 10.5 Å². The van der Waals surface area contributed by atoms with Gasteiger partial charge >= 0.3 is 0 Å². The van der Waals surface area contributed by atoms with Gasteiger partial charge in [-0.1, -0.05) is 32.4 Å². The monoisotopic (exact) mass is 353 g/mol. The quantitative estimate of drug-likeness (QED) is 0.719. The molecule has 0 heterocycles. The van der Waals surface area contributed by atoms with Crippen LogP contribution in [-0.4, -0.2) is 23.6 Å². The average Bonchev–Trinajstić information content (AvgIpc) is 2.67. The van der Waals surface area contributed by atoms with Gasteiger partial charge in [-0.15, -0.1) is 0 Å². The van der Waals surface area contributed by atoms with Crippen LogP contribution in [0, 0.1) is 5.92 Å². The van der Waals surface area contributed by atoms with Gasteiger partial charge < -0.3 is 10.5 Å². The second kappa shape index (κ2) is 9.13. The predicted molar refractivity (Wildman–Crippen MR) is 109 cm³/mol. The van der Waals surface area contributed by atoms with Gasteiger partial charge in [0.15, 0.2) is 0 Å². The number of hydrogen-bond donors (Lipinski definition) is 1. The number of nitrogens with two attached hydrogens (primary N) is 1. The second-order valence-corrected chi connectivity index (χ2v) is 7.50. The normalized spacial score (nSPS) is 30.7. The lowest BCUT2D eigenvalue weighted by molar-refractivity contribution is 0.0890. The molecule has 3 aliphatic rings. The second-order valence-electron chi connectivity index (χ2n) is 7.50. The molecule has 4 nitrogen and oxygen atoms in total. The number of hydrogen-bond acceptors (Lipinski definition) is 4. The van der Waals surface area contributed by atoms with Crippen molar-refractivity contribution in [3.05, 3.63) is 49.0 Å². The highest BCUT2D eigenvalue weighted by Gasteiger charge is 2.28. The summed E-state index contributed by atoms with van der Waals surface area (Å²) in [6.45, 7) is 7.53. The lowest BCUT2D eigenvalue weighted by Gasteiger charge is -2.31. The molecule has 2 N–H and O–H groups in total. The van der Waals surface area contributed by atoms with Gasteiger partial charge in [-0.2, -0.15) is 0 Å². The Labute approximate surface area is 157 Å². The molecule has 0 aliphatic heterocycles. The van der Waals surface area contributed by atoms with Crippen LogP contribution in [0.1, 0.15) is 57.8 Å². The molecule has 2 fully saturated rings. The van der Waals surface area contributed by atoms with Crippen molar-refractivity contribution in [3.63, 3.8) is 0 Å². The molecule has 0 atom stereocenters. The SMILES string of the molecule is C=C/N=C1/C=C(C2CCCCC2)C=C(O[C@H]2CC[C@@H](N)CC2)/C1=N/C=C. The Morgan fingerprint density at radius 2 is 1.62 bits per heavy atom. The molecule has 140 valence electrons. The highest BCUT2D eigenvalue weighted by molar-refractivity contribution is 6.52. The lowest BCUT2D eigenvalue weighted by atomic mass is 9.81. The molecule has 0 aromatic rings. The van der Waals surface area contributed by atoms with Crippen molar-refractivity contribution in [1.29, 1.82) is 0 Å². The fraction of sp³-hybridized carbons (Fsp3) is 0.545. The van der Waals surface area contributed by atoms with E-state index in [1.165, 1.54) is 37.7 Å². The van der Waals surface area contributed by atoms with E-state index >= 15 is 0 Å². The number of ether oxygens (including phenoxy) is 1. The van der Waals surface area contributed by atoms with Crippen LogP contribution < -0.4 is 5.73 Å². The van der Waals surface area contributed by atoms with Crippen LogP contribution in [0.2, 0.25) is 0 Å². The Morgan fingerprint density at radius 1 is 0.923 bits per heavy atom. The minimum absolute atomic E-state index is 0.201. The Balaban J connectivity index is 1.87. The summed E-state index contributed by atoms with van der Waals surface area (Å²) < 4.78 is 6.41. The third-order valence-corrected chi connectivity index (χ3v) is 5.62. The zero-order chi connectivity index (χ0) is 18.4. The summed E-state index contributed by atoms with van der Waals surface area (Å²) in [5, 5.41) is 0. The number of nitrogens with zero attached hydrogens (tertiary/aromatic N) is 2. The first kappa shape index (κ1) is 18.8. The molecule has 0 saturated heterocycles. The van der Waals surface area contributed by atoms with Gasteiger partial charge in [0.05, 0.1) is 11.8 Å². The summed E-state index contributed by atoms with van der Waals surface area (Å²) in [5.74, 6) is 1.41. The minimum Gasteiger partial charge on any atom is -0.488 e. The van der Waals surface area contributed by atoms with E-state index in [1.54, 1.807) is 12.4 Å². The van der Waals surface area contributed by atoms with Crippen molar-refractivity contribution >= 4 is 11.4 Å². The Bertz CT molecular complexity index is 642. The lowest BCUT2D eigenvalue weighted by Crippen LogP contribution is -2.32. The van der Waals surface area contributed by atoms with Crippen molar-refractivity contribution in [2.75, 3.05) is 0 Å². The van der Waals surface area contributed by atoms with Crippen LogP contribution in [0.4, 0.5) is 0 Å². The van der Waals surface area contributed by atoms with E-state index in [2.05, 4.69) is 35.3 Å². The van der Waals surface area contributed by atoms with E-state index < -0.39 is 0 Å². The summed E-state index contributed by atoms with van der Waals surface area (Å²) in [6.07, 6.45) is 18.1. The van der Waals surface area contributed by atoms with Crippen molar-refractivity contribution < 1.29 is 4.74 Å². The smallest absolute Gasteiger partial charge is 0.147 e. The molecule has 0 aromatic heterocycles. The third-order valence-electron chi connectivity index (χ3n) is 5.62. The maximum absolute atomic E-state index is 6.41. The molecule has 0 unspecified atom stereocenters. The minimum atomic E-state index is 0.201. The third kappa shape index (κ3) is 4.61. The molecule has 0 radical (unpaired) electrons. The van der Waals surface area contributed by atoms with Crippen LogP contribution in [0.3, 0.4) is 0 Å². The van der Waals surface area contributed by atoms with Crippen molar-refractivity contribution in [3.8, 4) is 0 Å². The Morgan fingerprint density at radius 3 is 2.27 bits per heavy atom. The molecular weight excluding hydrogens is 322 g/mol. The van der Waals surface area contributed by atoms with Crippen molar-refractivity contribution in [2.45, 2.75) is 69.9 Å². The van der Waals surface area contributed by atoms with Crippen LogP contribution in [0.25, 0.3) is 0 Å². The zero-order valence-corrected chi connectivity index (χ0v) is 15.7. The van der Waals surface area contributed by atoms with E-state index in [1.807, 2.05) is 0 Å². The largest absolute Gasteiger partial charge is 0.488 e. The molecule has 3 aliphatic carbocycles. The molecule has 2 saturated carbocycles. The molecule has 3 rings (SSSR count). The Hall–Kier alpha value is -1.94. The molecule has 0 spiro atoms. The molecule has 26 heavy (non-hydrogen) atoms. The van der Waals surface area contributed by atoms with E-state index in [0.29, 0.717) is 12.0 Å². The standard InChI is InChI=1S/C22H31N3O/c1-3-24-20-14-17(16-8-6-5-7-9-16)15-21(22(20)25-4-2)26-19-12-10-18(23)11-13-19/h3-4,14-16,18-19H,1-2,5-13,23H2/b24-20-,25-22+/t18-,19+. The Kier molecular flexibility index (Phi) is 6.62. The highest BCUT2D eigenvalue weighted by Crippen LogP contribution is 2.34. The summed E-state index contributed by atoms with van der Waals surface area (Å²) in [6, 6.07) is 0.312. The fourth-order valence-electron chi connectivity index (χ4n) is 4.18. The van der Waals surface area contributed by atoms with E-state index in [-0.39, 0.29) is 6.10 Å². The van der Waals surface area contributed by atoms with Crippen LogP contribution in [-0.2, 0) is 4.74 Å². The molecule has 0 amide bonds. The van der Waals surface area contributed by atoms with Gasteiger partial charge in [0.2, 0.25) is 0 Å². The summed E-state index contributed by atoms with van der Waals surface area (Å²) in [7, 11) is 0. The fourth-order valence-corrected chi connectivity index (χ4v) is 4.18. The van der Waals surface area contributed by atoms with Gasteiger partial charge in [-0.05, 0) is 62.2 Å². The van der Waals surface area contributed by atoms with Gasteiger partial charge in [-0.25, -0.2) is 0 Å². The molecule has 0 aromatic carbocycles. The first-order valence-corrected chi connectivity index (χ1v) is 9.95. The summed E-state index contributed by atoms with van der Waals surface area (Å²) in [4.78, 5) is 8.93. The van der Waals surface area contributed by atoms with E-state index in [0.717, 1.165) is 42.9 Å². The first-order valence-electron chi connectivity index (χ1n) is 9.95. The van der Waals surface area contributed by atoms with Crippen LogP contribution >= 0.6 is 0 Å². The van der Waals surface area contributed by atoms with Gasteiger partial charge in [0.1, 0.15) is 11.5 Å². The number of aliphatic imine (C=N–C) groups is 2. The van der Waals surface area contributed by atoms with E-state index in [9.17, 15) is 0 Å². The van der Waals surface area contributed by atoms with Gasteiger partial charge in [-0.3, -0.25) is 9.98 Å². The molecule has 0 bridgehead atoms. The number of rotatable bonds is 5. The zero-order valence-electron chi connectivity index (χ0n) is 15.7. The number of allylic oxidation sites excluding steroid dienone is 4. The maximum atomic E-state index is 6.41.